The zero-order valence-electron chi connectivity index (χ0n) is 7.85. The monoisotopic (exact) mass is 194 g/mol. The SMILES string of the molecule is C[Si](C)(C)C#CCc1ccsc1. The topological polar surface area (TPSA) is 0 Å². The van der Waals surface area contributed by atoms with Crippen LogP contribution in [0.1, 0.15) is 5.56 Å². The van der Waals surface area contributed by atoms with Crippen molar-refractivity contribution in [3.63, 3.8) is 0 Å². The molecule has 0 aliphatic carbocycles. The number of thiophene rings is 1. The number of hydrogen-bond donors (Lipinski definition) is 0. The number of rotatable bonds is 1. The highest BCUT2D eigenvalue weighted by Gasteiger charge is 2.06. The molecule has 0 fully saturated rings. The number of hydrogen-bond acceptors (Lipinski definition) is 1. The summed E-state index contributed by atoms with van der Waals surface area (Å²) in [5.41, 5.74) is 4.71. The second-order valence-electron chi connectivity index (χ2n) is 3.86. The van der Waals surface area contributed by atoms with Crippen LogP contribution in [-0.4, -0.2) is 8.07 Å². The van der Waals surface area contributed by atoms with E-state index in [-0.39, 0.29) is 0 Å². The van der Waals surface area contributed by atoms with E-state index in [1.165, 1.54) is 5.56 Å². The molecule has 1 aromatic rings. The lowest BCUT2D eigenvalue weighted by molar-refractivity contribution is 1.36. The third kappa shape index (κ3) is 3.75. The van der Waals surface area contributed by atoms with Gasteiger partial charge in [-0.15, -0.1) is 11.5 Å². The van der Waals surface area contributed by atoms with Gasteiger partial charge in [0.15, 0.2) is 0 Å². The van der Waals surface area contributed by atoms with Crippen LogP contribution in [-0.2, 0) is 6.42 Å². The summed E-state index contributed by atoms with van der Waals surface area (Å²) in [5.74, 6) is 3.25. The fourth-order valence-corrected chi connectivity index (χ4v) is 2.09. The maximum Gasteiger partial charge on any atom is 0.129 e. The van der Waals surface area contributed by atoms with Gasteiger partial charge in [0.1, 0.15) is 8.07 Å². The van der Waals surface area contributed by atoms with Crippen molar-refractivity contribution in [2.24, 2.45) is 0 Å². The van der Waals surface area contributed by atoms with E-state index in [0.29, 0.717) is 0 Å². The Balaban J connectivity index is 2.49. The van der Waals surface area contributed by atoms with Crippen LogP contribution in [0, 0.1) is 11.5 Å². The fourth-order valence-electron chi connectivity index (χ4n) is 0.805. The molecule has 0 nitrogen and oxygen atoms in total. The maximum atomic E-state index is 3.35. The standard InChI is InChI=1S/C10H14SSi/c1-12(2,3)8-4-5-10-6-7-11-9-10/h6-7,9H,5H2,1-3H3. The molecule has 1 heterocycles. The van der Waals surface area contributed by atoms with Gasteiger partial charge in [0.25, 0.3) is 0 Å². The van der Waals surface area contributed by atoms with Gasteiger partial charge in [-0.25, -0.2) is 0 Å². The van der Waals surface area contributed by atoms with Crippen molar-refractivity contribution in [3.05, 3.63) is 22.4 Å². The molecule has 0 aromatic carbocycles. The van der Waals surface area contributed by atoms with Gasteiger partial charge in [-0.3, -0.25) is 0 Å². The molecular weight excluding hydrogens is 180 g/mol. The van der Waals surface area contributed by atoms with Crippen LogP contribution in [0.3, 0.4) is 0 Å². The van der Waals surface area contributed by atoms with Gasteiger partial charge in [-0.1, -0.05) is 19.6 Å². The molecule has 1 aromatic heterocycles. The van der Waals surface area contributed by atoms with Gasteiger partial charge >= 0.3 is 0 Å². The molecule has 0 saturated carbocycles. The smallest absolute Gasteiger partial charge is 0.129 e. The highest BCUT2D eigenvalue weighted by molar-refractivity contribution is 7.07. The van der Waals surface area contributed by atoms with Crippen LogP contribution >= 0.6 is 11.3 Å². The Morgan fingerprint density at radius 3 is 2.67 bits per heavy atom. The van der Waals surface area contributed by atoms with Crippen molar-refractivity contribution >= 4 is 19.4 Å². The largest absolute Gasteiger partial charge is 0.152 e. The van der Waals surface area contributed by atoms with Crippen LogP contribution in [0.4, 0.5) is 0 Å². The Labute approximate surface area is 79.6 Å². The maximum absolute atomic E-state index is 3.35. The summed E-state index contributed by atoms with van der Waals surface area (Å²) in [7, 11) is -1.15. The van der Waals surface area contributed by atoms with Crippen LogP contribution in [0.15, 0.2) is 16.8 Å². The molecule has 64 valence electrons. The predicted octanol–water partition coefficient (Wildman–Crippen LogP) is 3.17. The minimum absolute atomic E-state index is 0.924. The highest BCUT2D eigenvalue weighted by Crippen LogP contribution is 2.06. The van der Waals surface area contributed by atoms with E-state index < -0.39 is 8.07 Å². The molecule has 0 radical (unpaired) electrons. The molecule has 0 bridgehead atoms. The van der Waals surface area contributed by atoms with E-state index in [2.05, 4.69) is 47.9 Å². The van der Waals surface area contributed by atoms with Crippen molar-refractivity contribution in [2.45, 2.75) is 26.1 Å². The molecule has 12 heavy (non-hydrogen) atoms. The average molecular weight is 194 g/mol. The molecule has 0 N–H and O–H groups in total. The molecule has 2 heteroatoms. The first-order valence-electron chi connectivity index (χ1n) is 4.09. The minimum atomic E-state index is -1.15. The van der Waals surface area contributed by atoms with E-state index in [4.69, 9.17) is 0 Å². The molecule has 0 saturated heterocycles. The normalized spacial score (nSPS) is 10.6. The van der Waals surface area contributed by atoms with E-state index in [0.717, 1.165) is 6.42 Å². The summed E-state index contributed by atoms with van der Waals surface area (Å²) in [6.07, 6.45) is 0.924. The lowest BCUT2D eigenvalue weighted by atomic mass is 10.3. The van der Waals surface area contributed by atoms with Gasteiger partial charge in [-0.2, -0.15) is 11.3 Å². The highest BCUT2D eigenvalue weighted by atomic mass is 32.1. The molecule has 0 atom stereocenters. The van der Waals surface area contributed by atoms with Crippen LogP contribution < -0.4 is 0 Å². The van der Waals surface area contributed by atoms with E-state index in [9.17, 15) is 0 Å². The summed E-state index contributed by atoms with van der Waals surface area (Å²) in [5, 5.41) is 4.27. The molecule has 0 spiro atoms. The molecular formula is C10H14SSi. The Bertz CT molecular complexity index is 282. The summed E-state index contributed by atoms with van der Waals surface area (Å²) in [6, 6.07) is 2.14. The van der Waals surface area contributed by atoms with Gasteiger partial charge < -0.3 is 0 Å². The van der Waals surface area contributed by atoms with Gasteiger partial charge in [-0.05, 0) is 22.4 Å². The molecule has 0 aliphatic rings. The van der Waals surface area contributed by atoms with Crippen molar-refractivity contribution in [1.29, 1.82) is 0 Å². The summed E-state index contributed by atoms with van der Waals surface area (Å²) >= 11 is 1.74. The first-order valence-corrected chi connectivity index (χ1v) is 8.53. The third-order valence-electron chi connectivity index (χ3n) is 1.34. The van der Waals surface area contributed by atoms with Crippen LogP contribution in [0.2, 0.25) is 19.6 Å². The van der Waals surface area contributed by atoms with Crippen molar-refractivity contribution < 1.29 is 0 Å². The second kappa shape index (κ2) is 3.93. The zero-order valence-corrected chi connectivity index (χ0v) is 9.66. The quantitative estimate of drug-likeness (QED) is 0.476. The van der Waals surface area contributed by atoms with E-state index in [1.807, 2.05) is 0 Å². The first kappa shape index (κ1) is 9.56. The fraction of sp³-hybridized carbons (Fsp3) is 0.400. The van der Waals surface area contributed by atoms with E-state index in [1.54, 1.807) is 11.3 Å². The first-order chi connectivity index (χ1) is 5.58. The lowest BCUT2D eigenvalue weighted by Gasteiger charge is -2.02. The van der Waals surface area contributed by atoms with Crippen molar-refractivity contribution in [2.75, 3.05) is 0 Å². The Morgan fingerprint density at radius 2 is 2.17 bits per heavy atom. The second-order valence-corrected chi connectivity index (χ2v) is 9.39. The average Bonchev–Trinajstić information content (AvgIpc) is 2.36. The van der Waals surface area contributed by atoms with Gasteiger partial charge in [0, 0.05) is 6.42 Å². The molecule has 0 unspecified atom stereocenters. The van der Waals surface area contributed by atoms with Gasteiger partial charge in [0.05, 0.1) is 0 Å². The summed E-state index contributed by atoms with van der Waals surface area (Å²) in [4.78, 5) is 0. The minimum Gasteiger partial charge on any atom is -0.152 e. The van der Waals surface area contributed by atoms with Crippen LogP contribution in [0.5, 0.6) is 0 Å². The third-order valence-corrected chi connectivity index (χ3v) is 2.99. The van der Waals surface area contributed by atoms with Crippen molar-refractivity contribution in [1.82, 2.24) is 0 Å². The Hall–Kier alpha value is -0.523. The molecule has 0 aliphatic heterocycles. The van der Waals surface area contributed by atoms with E-state index >= 15 is 0 Å². The van der Waals surface area contributed by atoms with Crippen molar-refractivity contribution in [3.8, 4) is 11.5 Å². The van der Waals surface area contributed by atoms with Gasteiger partial charge in [0.2, 0.25) is 0 Å². The lowest BCUT2D eigenvalue weighted by Crippen LogP contribution is -2.16. The summed E-state index contributed by atoms with van der Waals surface area (Å²) in [6.45, 7) is 6.81. The summed E-state index contributed by atoms with van der Waals surface area (Å²) < 4.78 is 0. The Morgan fingerprint density at radius 1 is 1.42 bits per heavy atom. The molecule has 0 amide bonds. The zero-order chi connectivity index (χ0) is 9.03. The molecule has 1 rings (SSSR count). The Kier molecular flexibility index (Phi) is 3.13. The predicted molar refractivity (Wildman–Crippen MR) is 59.1 cm³/mol. The van der Waals surface area contributed by atoms with Crippen LogP contribution in [0.25, 0.3) is 0 Å².